The molecule has 2 N–H and O–H groups in total. The van der Waals surface area contributed by atoms with Gasteiger partial charge in [0.2, 0.25) is 0 Å². The lowest BCUT2D eigenvalue weighted by molar-refractivity contribution is 0.0854. The van der Waals surface area contributed by atoms with Crippen LogP contribution in [-0.4, -0.2) is 55.2 Å². The molecule has 0 aliphatic heterocycles. The Morgan fingerprint density at radius 2 is 1.20 bits per heavy atom. The molecule has 0 aliphatic rings. The molecule has 1 aromatic carbocycles. The van der Waals surface area contributed by atoms with E-state index in [0.29, 0.717) is 24.6 Å². The molecule has 2 atom stereocenters. The van der Waals surface area contributed by atoms with E-state index in [1.165, 1.54) is 0 Å². The van der Waals surface area contributed by atoms with Crippen LogP contribution in [0.4, 0.5) is 0 Å². The zero-order chi connectivity index (χ0) is 21.7. The summed E-state index contributed by atoms with van der Waals surface area (Å²) < 4.78 is 14.9. The Hall–Kier alpha value is -2.84. The molecule has 0 saturated heterocycles. The van der Waals surface area contributed by atoms with Crippen LogP contribution in [0.2, 0.25) is 0 Å². The Kier molecular flexibility index (Phi) is 7.12. The molecule has 0 amide bonds. The van der Waals surface area contributed by atoms with E-state index < -0.39 is 12.2 Å². The summed E-state index contributed by atoms with van der Waals surface area (Å²) in [6.07, 6.45) is -1.37. The number of rotatable bonds is 10. The quantitative estimate of drug-likeness (QED) is 0.528. The van der Waals surface area contributed by atoms with Crippen molar-refractivity contribution < 1.29 is 19.7 Å². The lowest BCUT2D eigenvalue weighted by atomic mass is 10.3. The minimum absolute atomic E-state index is 0.141. The number of aryl methyl sites for hydroxylation is 4. The number of nitrogens with zero attached hydrogens (tertiary/aromatic N) is 4. The van der Waals surface area contributed by atoms with Crippen LogP contribution in [0.25, 0.3) is 0 Å². The summed E-state index contributed by atoms with van der Waals surface area (Å²) in [7, 11) is 0. The highest BCUT2D eigenvalue weighted by Gasteiger charge is 2.12. The van der Waals surface area contributed by atoms with Gasteiger partial charge >= 0.3 is 0 Å². The van der Waals surface area contributed by atoms with E-state index >= 15 is 0 Å². The summed E-state index contributed by atoms with van der Waals surface area (Å²) in [6, 6.07) is 11.1. The summed E-state index contributed by atoms with van der Waals surface area (Å²) in [4.78, 5) is 0. The molecule has 0 saturated carbocycles. The summed E-state index contributed by atoms with van der Waals surface area (Å²) in [5, 5.41) is 29.2. The van der Waals surface area contributed by atoms with Gasteiger partial charge in [0.05, 0.1) is 24.5 Å². The minimum Gasteiger partial charge on any atom is -0.491 e. The summed E-state index contributed by atoms with van der Waals surface area (Å²) >= 11 is 0. The predicted molar refractivity (Wildman–Crippen MR) is 113 cm³/mol. The van der Waals surface area contributed by atoms with Crippen molar-refractivity contribution in [1.82, 2.24) is 19.6 Å². The molecule has 8 nitrogen and oxygen atoms in total. The van der Waals surface area contributed by atoms with Crippen molar-refractivity contribution in [2.45, 2.75) is 53.0 Å². The SMILES string of the molecule is Cc1cc(C)n(C[C@@H](O)COc2cccc(OC[C@H](O)Cn3nc(C)cc3C)c2)n1. The standard InChI is InChI=1S/C22H30N4O4/c1-15-8-17(3)25(23-15)11-19(27)13-29-21-6-5-7-22(10-21)30-14-20(28)12-26-18(4)9-16(2)24-26/h5-10,19-20,27-28H,11-14H2,1-4H3/t19-,20-/m1/s1. The molecular weight excluding hydrogens is 384 g/mol. The molecule has 8 heteroatoms. The number of ether oxygens (including phenoxy) is 2. The van der Waals surface area contributed by atoms with Crippen LogP contribution in [0.5, 0.6) is 11.5 Å². The molecule has 2 heterocycles. The molecule has 162 valence electrons. The van der Waals surface area contributed by atoms with Gasteiger partial charge in [0.15, 0.2) is 0 Å². The summed E-state index contributed by atoms with van der Waals surface area (Å²) in [5.41, 5.74) is 3.85. The van der Waals surface area contributed by atoms with E-state index in [1.807, 2.05) is 45.9 Å². The van der Waals surface area contributed by atoms with Crippen molar-refractivity contribution in [1.29, 1.82) is 0 Å². The van der Waals surface area contributed by atoms with Crippen molar-refractivity contribution in [3.63, 3.8) is 0 Å². The maximum Gasteiger partial charge on any atom is 0.123 e. The monoisotopic (exact) mass is 414 g/mol. The zero-order valence-corrected chi connectivity index (χ0v) is 17.9. The Morgan fingerprint density at radius 1 is 0.767 bits per heavy atom. The van der Waals surface area contributed by atoms with Gasteiger partial charge in [-0.25, -0.2) is 0 Å². The van der Waals surface area contributed by atoms with Gasteiger partial charge in [-0.05, 0) is 52.0 Å². The van der Waals surface area contributed by atoms with Crippen molar-refractivity contribution in [2.24, 2.45) is 0 Å². The maximum atomic E-state index is 10.2. The normalized spacial score (nSPS) is 13.3. The van der Waals surface area contributed by atoms with Crippen LogP contribution in [0.3, 0.4) is 0 Å². The molecule has 0 fully saturated rings. The Morgan fingerprint density at radius 3 is 1.57 bits per heavy atom. The van der Waals surface area contributed by atoms with E-state index in [-0.39, 0.29) is 13.2 Å². The topological polar surface area (TPSA) is 94.6 Å². The highest BCUT2D eigenvalue weighted by Crippen LogP contribution is 2.20. The fourth-order valence-electron chi connectivity index (χ4n) is 3.26. The molecule has 0 unspecified atom stereocenters. The molecule has 0 spiro atoms. The van der Waals surface area contributed by atoms with Gasteiger partial charge in [-0.1, -0.05) is 6.07 Å². The first-order valence-corrected chi connectivity index (χ1v) is 10.0. The fourth-order valence-corrected chi connectivity index (χ4v) is 3.26. The predicted octanol–water partition coefficient (Wildman–Crippen LogP) is 2.19. The fraction of sp³-hybridized carbons (Fsp3) is 0.455. The molecule has 0 aliphatic carbocycles. The van der Waals surface area contributed by atoms with Gasteiger partial charge in [0.1, 0.15) is 36.9 Å². The first-order valence-electron chi connectivity index (χ1n) is 10.0. The maximum absolute atomic E-state index is 10.2. The number of hydrogen-bond acceptors (Lipinski definition) is 6. The average molecular weight is 415 g/mol. The van der Waals surface area contributed by atoms with E-state index in [1.54, 1.807) is 27.6 Å². The third-order valence-corrected chi connectivity index (χ3v) is 4.66. The number of aliphatic hydroxyl groups is 2. The van der Waals surface area contributed by atoms with Gasteiger partial charge < -0.3 is 19.7 Å². The molecule has 30 heavy (non-hydrogen) atoms. The number of aliphatic hydroxyl groups excluding tert-OH is 2. The lowest BCUT2D eigenvalue weighted by Crippen LogP contribution is -2.25. The molecule has 3 rings (SSSR count). The number of hydrogen-bond donors (Lipinski definition) is 2. The third kappa shape index (κ3) is 6.08. The summed E-state index contributed by atoms with van der Waals surface area (Å²) in [6.45, 7) is 8.78. The van der Waals surface area contributed by atoms with Crippen molar-refractivity contribution in [2.75, 3.05) is 13.2 Å². The Bertz CT molecular complexity index is 892. The Labute approximate surface area is 176 Å². The van der Waals surface area contributed by atoms with E-state index in [2.05, 4.69) is 10.2 Å². The second-order valence-corrected chi connectivity index (χ2v) is 7.62. The molecule has 2 aromatic heterocycles. The number of aromatic nitrogens is 4. The molecule has 0 bridgehead atoms. The first-order chi connectivity index (χ1) is 14.3. The van der Waals surface area contributed by atoms with Crippen LogP contribution in [0, 0.1) is 27.7 Å². The first kappa shape index (κ1) is 21.9. The highest BCUT2D eigenvalue weighted by atomic mass is 16.5. The van der Waals surface area contributed by atoms with Crippen LogP contribution in [0.15, 0.2) is 36.4 Å². The van der Waals surface area contributed by atoms with Crippen molar-refractivity contribution in [3.05, 3.63) is 59.2 Å². The van der Waals surface area contributed by atoms with E-state index in [0.717, 1.165) is 22.8 Å². The van der Waals surface area contributed by atoms with Crippen LogP contribution in [-0.2, 0) is 13.1 Å². The lowest BCUT2D eigenvalue weighted by Gasteiger charge is -2.15. The second kappa shape index (κ2) is 9.77. The molecular formula is C22H30N4O4. The van der Waals surface area contributed by atoms with Gasteiger partial charge in [-0.2, -0.15) is 10.2 Å². The van der Waals surface area contributed by atoms with Gasteiger partial charge in [-0.3, -0.25) is 9.36 Å². The molecule has 0 radical (unpaired) electrons. The Balaban J connectivity index is 1.47. The van der Waals surface area contributed by atoms with Crippen LogP contribution >= 0.6 is 0 Å². The number of benzene rings is 1. The van der Waals surface area contributed by atoms with Crippen molar-refractivity contribution >= 4 is 0 Å². The van der Waals surface area contributed by atoms with Gasteiger partial charge in [-0.15, -0.1) is 0 Å². The van der Waals surface area contributed by atoms with Gasteiger partial charge in [0, 0.05) is 17.5 Å². The molecule has 3 aromatic rings. The van der Waals surface area contributed by atoms with Crippen molar-refractivity contribution in [3.8, 4) is 11.5 Å². The van der Waals surface area contributed by atoms with Crippen LogP contribution in [0.1, 0.15) is 22.8 Å². The van der Waals surface area contributed by atoms with Gasteiger partial charge in [0.25, 0.3) is 0 Å². The van der Waals surface area contributed by atoms with E-state index in [4.69, 9.17) is 9.47 Å². The smallest absolute Gasteiger partial charge is 0.123 e. The zero-order valence-electron chi connectivity index (χ0n) is 17.9. The van der Waals surface area contributed by atoms with Crippen LogP contribution < -0.4 is 9.47 Å². The second-order valence-electron chi connectivity index (χ2n) is 7.62. The highest BCUT2D eigenvalue weighted by molar-refractivity contribution is 5.33. The third-order valence-electron chi connectivity index (χ3n) is 4.66. The largest absolute Gasteiger partial charge is 0.491 e. The van der Waals surface area contributed by atoms with E-state index in [9.17, 15) is 10.2 Å². The average Bonchev–Trinajstić information content (AvgIpc) is 3.18. The summed E-state index contributed by atoms with van der Waals surface area (Å²) in [5.74, 6) is 1.18. The minimum atomic E-state index is -0.685.